The van der Waals surface area contributed by atoms with Gasteiger partial charge in [0.25, 0.3) is 10.0 Å². The SMILES string of the molecule is CCC1CCN(S(=O)(=O)c2cnc(C)[nH]2)CC1. The molecule has 2 rings (SSSR count). The molecule has 1 fully saturated rings. The molecule has 1 aromatic rings. The minimum Gasteiger partial charge on any atom is -0.332 e. The van der Waals surface area contributed by atoms with E-state index in [1.165, 1.54) is 6.20 Å². The number of H-pyrrole nitrogens is 1. The first-order valence-electron chi connectivity index (χ1n) is 6.05. The van der Waals surface area contributed by atoms with E-state index in [0.717, 1.165) is 19.3 Å². The van der Waals surface area contributed by atoms with Gasteiger partial charge in [0, 0.05) is 13.1 Å². The highest BCUT2D eigenvalue weighted by atomic mass is 32.2. The first-order valence-corrected chi connectivity index (χ1v) is 7.49. The summed E-state index contributed by atoms with van der Waals surface area (Å²) in [6, 6.07) is 0. The quantitative estimate of drug-likeness (QED) is 0.893. The lowest BCUT2D eigenvalue weighted by molar-refractivity contribution is 0.268. The molecule has 17 heavy (non-hydrogen) atoms. The van der Waals surface area contributed by atoms with E-state index in [4.69, 9.17) is 0 Å². The normalized spacial score (nSPS) is 19.6. The molecule has 0 aliphatic carbocycles. The van der Waals surface area contributed by atoms with Gasteiger partial charge in [-0.1, -0.05) is 13.3 Å². The van der Waals surface area contributed by atoms with E-state index in [1.54, 1.807) is 11.2 Å². The minimum absolute atomic E-state index is 0.213. The van der Waals surface area contributed by atoms with Gasteiger partial charge in [-0.15, -0.1) is 0 Å². The molecular formula is C11H19N3O2S. The van der Waals surface area contributed by atoms with Gasteiger partial charge in [-0.2, -0.15) is 4.31 Å². The van der Waals surface area contributed by atoms with Crippen LogP contribution < -0.4 is 0 Å². The number of sulfonamides is 1. The molecule has 2 heterocycles. The molecule has 1 aliphatic heterocycles. The first kappa shape index (κ1) is 12.6. The van der Waals surface area contributed by atoms with E-state index in [2.05, 4.69) is 16.9 Å². The average Bonchev–Trinajstić information content (AvgIpc) is 2.77. The van der Waals surface area contributed by atoms with Gasteiger partial charge in [0.15, 0.2) is 5.03 Å². The number of imidazole rings is 1. The molecule has 0 unspecified atom stereocenters. The third kappa shape index (κ3) is 2.52. The molecule has 1 saturated heterocycles. The zero-order chi connectivity index (χ0) is 12.5. The lowest BCUT2D eigenvalue weighted by Crippen LogP contribution is -2.38. The number of hydrogen-bond donors (Lipinski definition) is 1. The Morgan fingerprint density at radius 2 is 2.12 bits per heavy atom. The Morgan fingerprint density at radius 3 is 2.59 bits per heavy atom. The van der Waals surface area contributed by atoms with Crippen LogP contribution in [0, 0.1) is 12.8 Å². The maximum Gasteiger partial charge on any atom is 0.260 e. The second-order valence-electron chi connectivity index (χ2n) is 4.59. The summed E-state index contributed by atoms with van der Waals surface area (Å²) in [4.78, 5) is 6.75. The summed E-state index contributed by atoms with van der Waals surface area (Å²) in [6.45, 7) is 5.16. The number of aromatic nitrogens is 2. The number of nitrogens with one attached hydrogen (secondary N) is 1. The van der Waals surface area contributed by atoms with E-state index < -0.39 is 10.0 Å². The maximum atomic E-state index is 12.3. The van der Waals surface area contributed by atoms with Crippen molar-refractivity contribution in [3.63, 3.8) is 0 Å². The van der Waals surface area contributed by atoms with Crippen LogP contribution in [0.1, 0.15) is 32.0 Å². The Kier molecular flexibility index (Phi) is 3.53. The molecule has 96 valence electrons. The van der Waals surface area contributed by atoms with Gasteiger partial charge in [0.2, 0.25) is 0 Å². The Labute approximate surface area is 102 Å². The maximum absolute atomic E-state index is 12.3. The van der Waals surface area contributed by atoms with Crippen molar-refractivity contribution < 1.29 is 8.42 Å². The van der Waals surface area contributed by atoms with Crippen LogP contribution in [-0.4, -0.2) is 35.8 Å². The Balaban J connectivity index is 2.12. The number of nitrogens with zero attached hydrogens (tertiary/aromatic N) is 2. The van der Waals surface area contributed by atoms with Crippen LogP contribution in [0.15, 0.2) is 11.2 Å². The lowest BCUT2D eigenvalue weighted by Gasteiger charge is -2.30. The number of hydrogen-bond acceptors (Lipinski definition) is 3. The highest BCUT2D eigenvalue weighted by Gasteiger charge is 2.29. The Morgan fingerprint density at radius 1 is 1.47 bits per heavy atom. The molecule has 0 aromatic carbocycles. The van der Waals surface area contributed by atoms with Crippen molar-refractivity contribution in [1.29, 1.82) is 0 Å². The number of rotatable bonds is 3. The standard InChI is InChI=1S/C11H19N3O2S/c1-3-10-4-6-14(7-5-10)17(15,16)11-8-12-9(2)13-11/h8,10H,3-7H2,1-2H3,(H,12,13). The van der Waals surface area contributed by atoms with Crippen molar-refractivity contribution in [2.24, 2.45) is 5.92 Å². The van der Waals surface area contributed by atoms with Crippen molar-refractivity contribution in [2.75, 3.05) is 13.1 Å². The highest BCUT2D eigenvalue weighted by Crippen LogP contribution is 2.24. The van der Waals surface area contributed by atoms with Crippen LogP contribution >= 0.6 is 0 Å². The second kappa shape index (κ2) is 4.78. The average molecular weight is 257 g/mol. The Hall–Kier alpha value is -0.880. The van der Waals surface area contributed by atoms with Gasteiger partial charge < -0.3 is 4.98 Å². The fourth-order valence-corrected chi connectivity index (χ4v) is 3.66. The summed E-state index contributed by atoms with van der Waals surface area (Å²) in [7, 11) is -3.36. The van der Waals surface area contributed by atoms with Gasteiger partial charge in [0.05, 0.1) is 6.20 Å². The van der Waals surface area contributed by atoms with Crippen molar-refractivity contribution in [1.82, 2.24) is 14.3 Å². The largest absolute Gasteiger partial charge is 0.332 e. The van der Waals surface area contributed by atoms with Crippen LogP contribution in [0.5, 0.6) is 0 Å². The molecule has 0 atom stereocenters. The van der Waals surface area contributed by atoms with E-state index in [0.29, 0.717) is 24.8 Å². The summed E-state index contributed by atoms with van der Waals surface area (Å²) in [5.74, 6) is 1.30. The summed E-state index contributed by atoms with van der Waals surface area (Å²) >= 11 is 0. The van der Waals surface area contributed by atoms with E-state index in [9.17, 15) is 8.42 Å². The molecule has 0 spiro atoms. The lowest BCUT2D eigenvalue weighted by atomic mass is 9.96. The molecule has 1 aliphatic rings. The van der Waals surface area contributed by atoms with Gasteiger partial charge >= 0.3 is 0 Å². The number of aryl methyl sites for hydroxylation is 1. The topological polar surface area (TPSA) is 66.1 Å². The summed E-state index contributed by atoms with van der Waals surface area (Å²) < 4.78 is 26.1. The van der Waals surface area contributed by atoms with Gasteiger partial charge in [-0.3, -0.25) is 0 Å². The highest BCUT2D eigenvalue weighted by molar-refractivity contribution is 7.89. The third-order valence-electron chi connectivity index (χ3n) is 3.45. The smallest absolute Gasteiger partial charge is 0.260 e. The summed E-state index contributed by atoms with van der Waals surface area (Å²) in [5, 5.41) is 0.213. The molecule has 0 radical (unpaired) electrons. The molecular weight excluding hydrogens is 238 g/mol. The zero-order valence-electron chi connectivity index (χ0n) is 10.3. The summed E-state index contributed by atoms with van der Waals surface area (Å²) in [5.41, 5.74) is 0. The van der Waals surface area contributed by atoms with Crippen LogP contribution in [0.25, 0.3) is 0 Å². The molecule has 1 N–H and O–H groups in total. The second-order valence-corrected chi connectivity index (χ2v) is 6.49. The third-order valence-corrected chi connectivity index (χ3v) is 5.26. The Bertz CT molecular complexity index is 473. The molecule has 0 amide bonds. The molecule has 1 aromatic heterocycles. The van der Waals surface area contributed by atoms with Crippen molar-refractivity contribution in [2.45, 2.75) is 38.1 Å². The fraction of sp³-hybridized carbons (Fsp3) is 0.727. The van der Waals surface area contributed by atoms with E-state index in [-0.39, 0.29) is 5.03 Å². The molecule has 5 nitrogen and oxygen atoms in total. The number of aromatic amines is 1. The minimum atomic E-state index is -3.36. The van der Waals surface area contributed by atoms with E-state index >= 15 is 0 Å². The monoisotopic (exact) mass is 257 g/mol. The van der Waals surface area contributed by atoms with Gasteiger partial charge in [-0.05, 0) is 25.7 Å². The van der Waals surface area contributed by atoms with Crippen molar-refractivity contribution >= 4 is 10.0 Å². The molecule has 0 saturated carbocycles. The molecule has 0 bridgehead atoms. The van der Waals surface area contributed by atoms with Crippen molar-refractivity contribution in [3.05, 3.63) is 12.0 Å². The van der Waals surface area contributed by atoms with Crippen LogP contribution in [-0.2, 0) is 10.0 Å². The predicted octanol–water partition coefficient (Wildman–Crippen LogP) is 1.53. The van der Waals surface area contributed by atoms with Crippen molar-refractivity contribution in [3.8, 4) is 0 Å². The molecule has 6 heteroatoms. The number of piperidine rings is 1. The zero-order valence-corrected chi connectivity index (χ0v) is 11.1. The van der Waals surface area contributed by atoms with Gasteiger partial charge in [-0.25, -0.2) is 13.4 Å². The van der Waals surface area contributed by atoms with Crippen LogP contribution in [0.4, 0.5) is 0 Å². The van der Waals surface area contributed by atoms with Crippen LogP contribution in [0.2, 0.25) is 0 Å². The first-order chi connectivity index (χ1) is 8.04. The van der Waals surface area contributed by atoms with Gasteiger partial charge in [0.1, 0.15) is 5.82 Å². The predicted molar refractivity (Wildman–Crippen MR) is 65.1 cm³/mol. The van der Waals surface area contributed by atoms with Crippen LogP contribution in [0.3, 0.4) is 0 Å². The van der Waals surface area contributed by atoms with E-state index in [1.807, 2.05) is 0 Å². The summed E-state index contributed by atoms with van der Waals surface area (Å²) in [6.07, 6.45) is 4.46. The fourth-order valence-electron chi connectivity index (χ4n) is 2.23.